The molecule has 0 atom stereocenters. The van der Waals surface area contributed by atoms with Gasteiger partial charge in [0.2, 0.25) is 0 Å². The van der Waals surface area contributed by atoms with E-state index in [0.717, 1.165) is 50.5 Å². The molecule has 3 rings (SSSR count). The van der Waals surface area contributed by atoms with E-state index in [2.05, 4.69) is 39.4 Å². The van der Waals surface area contributed by atoms with Gasteiger partial charge in [-0.15, -0.1) is 0 Å². The van der Waals surface area contributed by atoms with Gasteiger partial charge in [0.15, 0.2) is 5.82 Å². The van der Waals surface area contributed by atoms with Crippen LogP contribution in [0, 0.1) is 0 Å². The van der Waals surface area contributed by atoms with Crippen LogP contribution in [-0.2, 0) is 13.0 Å². The molecule has 1 aromatic carbocycles. The van der Waals surface area contributed by atoms with E-state index >= 15 is 0 Å². The Morgan fingerprint density at radius 1 is 1.20 bits per heavy atom. The van der Waals surface area contributed by atoms with E-state index < -0.39 is 0 Å². The van der Waals surface area contributed by atoms with Crippen molar-refractivity contribution in [2.75, 3.05) is 26.2 Å². The van der Waals surface area contributed by atoms with Crippen molar-refractivity contribution in [3.05, 3.63) is 35.7 Å². The topological polar surface area (TPSA) is 54.2 Å². The van der Waals surface area contributed by atoms with Crippen molar-refractivity contribution in [3.8, 4) is 11.5 Å². The van der Waals surface area contributed by atoms with Crippen molar-refractivity contribution >= 4 is 0 Å². The summed E-state index contributed by atoms with van der Waals surface area (Å²) in [7, 11) is 0. The summed E-state index contributed by atoms with van der Waals surface area (Å²) in [6, 6.07) is 8.30. The van der Waals surface area contributed by atoms with Crippen molar-refractivity contribution in [2.45, 2.75) is 19.9 Å². The number of benzene rings is 1. The zero-order valence-corrected chi connectivity index (χ0v) is 11.8. The fourth-order valence-corrected chi connectivity index (χ4v) is 2.39. The van der Waals surface area contributed by atoms with Crippen LogP contribution in [0.1, 0.15) is 18.3 Å². The first-order valence-electron chi connectivity index (χ1n) is 7.20. The standard InChI is InChI=1S/C15H20N4O/c1-2-12-3-5-13(6-4-12)15-17-14(18-20-15)11-19-9-7-16-8-10-19/h3-6,16H,2,7-11H2,1H3. The van der Waals surface area contributed by atoms with Gasteiger partial charge in [0, 0.05) is 31.7 Å². The Hall–Kier alpha value is -1.72. The smallest absolute Gasteiger partial charge is 0.257 e. The molecule has 5 heteroatoms. The number of aryl methyl sites for hydroxylation is 1. The first-order valence-corrected chi connectivity index (χ1v) is 7.20. The second-order valence-corrected chi connectivity index (χ2v) is 5.09. The lowest BCUT2D eigenvalue weighted by atomic mass is 10.1. The van der Waals surface area contributed by atoms with Gasteiger partial charge in [-0.1, -0.05) is 24.2 Å². The summed E-state index contributed by atoms with van der Waals surface area (Å²) in [4.78, 5) is 6.83. The lowest BCUT2D eigenvalue weighted by Crippen LogP contribution is -2.43. The van der Waals surface area contributed by atoms with Crippen LogP contribution in [0.25, 0.3) is 11.5 Å². The molecule has 0 bridgehead atoms. The lowest BCUT2D eigenvalue weighted by molar-refractivity contribution is 0.225. The minimum atomic E-state index is 0.609. The molecule has 5 nitrogen and oxygen atoms in total. The Morgan fingerprint density at radius 3 is 2.65 bits per heavy atom. The largest absolute Gasteiger partial charge is 0.334 e. The molecule has 0 spiro atoms. The molecular formula is C15H20N4O. The molecule has 2 aromatic rings. The van der Waals surface area contributed by atoms with E-state index in [-0.39, 0.29) is 0 Å². The maximum Gasteiger partial charge on any atom is 0.257 e. The highest BCUT2D eigenvalue weighted by Gasteiger charge is 2.14. The number of piperazine rings is 1. The Bertz CT molecular complexity index is 543. The van der Waals surface area contributed by atoms with Crippen LogP contribution in [0.2, 0.25) is 0 Å². The molecular weight excluding hydrogens is 252 g/mol. The first kappa shape index (κ1) is 13.3. The van der Waals surface area contributed by atoms with Crippen molar-refractivity contribution in [3.63, 3.8) is 0 Å². The molecule has 0 radical (unpaired) electrons. The lowest BCUT2D eigenvalue weighted by Gasteiger charge is -2.25. The van der Waals surface area contributed by atoms with Crippen LogP contribution in [0.4, 0.5) is 0 Å². The molecule has 1 aromatic heterocycles. The normalized spacial score (nSPS) is 16.4. The molecule has 1 aliphatic rings. The minimum absolute atomic E-state index is 0.609. The van der Waals surface area contributed by atoms with Gasteiger partial charge >= 0.3 is 0 Å². The third kappa shape index (κ3) is 3.05. The maximum atomic E-state index is 5.36. The fourth-order valence-electron chi connectivity index (χ4n) is 2.39. The molecule has 1 fully saturated rings. The van der Waals surface area contributed by atoms with Crippen LogP contribution in [0.5, 0.6) is 0 Å². The molecule has 1 N–H and O–H groups in total. The quantitative estimate of drug-likeness (QED) is 0.918. The van der Waals surface area contributed by atoms with Gasteiger partial charge in [0.25, 0.3) is 5.89 Å². The third-order valence-corrected chi connectivity index (χ3v) is 3.65. The monoisotopic (exact) mass is 272 g/mol. The SMILES string of the molecule is CCc1ccc(-c2nc(CN3CCNCC3)no2)cc1. The van der Waals surface area contributed by atoms with E-state index in [1.54, 1.807) is 0 Å². The van der Waals surface area contributed by atoms with E-state index in [1.165, 1.54) is 5.56 Å². The van der Waals surface area contributed by atoms with Gasteiger partial charge < -0.3 is 9.84 Å². The van der Waals surface area contributed by atoms with Crippen molar-refractivity contribution < 1.29 is 4.52 Å². The van der Waals surface area contributed by atoms with Gasteiger partial charge in [-0.3, -0.25) is 4.90 Å². The molecule has 0 saturated carbocycles. The van der Waals surface area contributed by atoms with Crippen molar-refractivity contribution in [1.82, 2.24) is 20.4 Å². The van der Waals surface area contributed by atoms with E-state index in [0.29, 0.717) is 5.89 Å². The number of nitrogens with one attached hydrogen (secondary N) is 1. The van der Waals surface area contributed by atoms with Crippen LogP contribution in [-0.4, -0.2) is 41.2 Å². The van der Waals surface area contributed by atoms with Gasteiger partial charge in [-0.25, -0.2) is 0 Å². The molecule has 1 aliphatic heterocycles. The summed E-state index contributed by atoms with van der Waals surface area (Å²) in [6.45, 7) is 7.04. The van der Waals surface area contributed by atoms with Gasteiger partial charge in [-0.05, 0) is 24.1 Å². The third-order valence-electron chi connectivity index (χ3n) is 3.65. The summed E-state index contributed by atoms with van der Waals surface area (Å²) in [5.74, 6) is 1.37. The average Bonchev–Trinajstić information content (AvgIpc) is 2.97. The van der Waals surface area contributed by atoms with Gasteiger partial charge in [-0.2, -0.15) is 4.98 Å². The number of hydrogen-bond acceptors (Lipinski definition) is 5. The highest BCUT2D eigenvalue weighted by molar-refractivity contribution is 5.53. The molecule has 106 valence electrons. The second-order valence-electron chi connectivity index (χ2n) is 5.09. The van der Waals surface area contributed by atoms with E-state index in [1.807, 2.05) is 12.1 Å². The molecule has 20 heavy (non-hydrogen) atoms. The van der Waals surface area contributed by atoms with Gasteiger partial charge in [0.05, 0.1) is 6.54 Å². The molecule has 1 saturated heterocycles. The van der Waals surface area contributed by atoms with Crippen LogP contribution in [0.15, 0.2) is 28.8 Å². The molecule has 0 amide bonds. The molecule has 0 aliphatic carbocycles. The van der Waals surface area contributed by atoms with Crippen molar-refractivity contribution in [2.24, 2.45) is 0 Å². The first-order chi connectivity index (χ1) is 9.85. The number of aromatic nitrogens is 2. The Morgan fingerprint density at radius 2 is 1.95 bits per heavy atom. The van der Waals surface area contributed by atoms with E-state index in [4.69, 9.17) is 4.52 Å². The van der Waals surface area contributed by atoms with Crippen molar-refractivity contribution in [1.29, 1.82) is 0 Å². The number of rotatable bonds is 4. The Labute approximate surface area is 119 Å². The predicted molar refractivity (Wildman–Crippen MR) is 77.3 cm³/mol. The summed E-state index contributed by atoms with van der Waals surface area (Å²) in [5.41, 5.74) is 2.30. The second kappa shape index (κ2) is 6.15. The predicted octanol–water partition coefficient (Wildman–Crippen LogP) is 1.70. The average molecular weight is 272 g/mol. The van der Waals surface area contributed by atoms with E-state index in [9.17, 15) is 0 Å². The molecule has 2 heterocycles. The summed E-state index contributed by atoms with van der Waals surface area (Å²) in [5, 5.41) is 7.42. The Kier molecular flexibility index (Phi) is 4.08. The van der Waals surface area contributed by atoms with Crippen LogP contribution >= 0.6 is 0 Å². The van der Waals surface area contributed by atoms with Crippen LogP contribution < -0.4 is 5.32 Å². The number of hydrogen-bond donors (Lipinski definition) is 1. The summed E-state index contributed by atoms with van der Waals surface area (Å²) >= 11 is 0. The minimum Gasteiger partial charge on any atom is -0.334 e. The van der Waals surface area contributed by atoms with Crippen LogP contribution in [0.3, 0.4) is 0 Å². The highest BCUT2D eigenvalue weighted by Crippen LogP contribution is 2.18. The summed E-state index contributed by atoms with van der Waals surface area (Å²) in [6.07, 6.45) is 1.04. The zero-order chi connectivity index (χ0) is 13.8. The zero-order valence-electron chi connectivity index (χ0n) is 11.8. The maximum absolute atomic E-state index is 5.36. The Balaban J connectivity index is 1.68. The van der Waals surface area contributed by atoms with Gasteiger partial charge in [0.1, 0.15) is 0 Å². The fraction of sp³-hybridized carbons (Fsp3) is 0.467. The highest BCUT2D eigenvalue weighted by atomic mass is 16.5. The summed E-state index contributed by atoms with van der Waals surface area (Å²) < 4.78 is 5.36. The number of nitrogens with zero attached hydrogens (tertiary/aromatic N) is 3. The molecule has 0 unspecified atom stereocenters.